The van der Waals surface area contributed by atoms with Crippen molar-refractivity contribution < 1.29 is 14.2 Å². The van der Waals surface area contributed by atoms with Crippen LogP contribution in [0.2, 0.25) is 0 Å². The fourth-order valence-electron chi connectivity index (χ4n) is 2.37. The van der Waals surface area contributed by atoms with Crippen LogP contribution in [-0.4, -0.2) is 44.5 Å². The van der Waals surface area contributed by atoms with Gasteiger partial charge in [-0.2, -0.15) is 9.78 Å². The van der Waals surface area contributed by atoms with Crippen LogP contribution in [0, 0.1) is 0 Å². The van der Waals surface area contributed by atoms with Crippen LogP contribution in [0.25, 0.3) is 5.82 Å². The number of carbonyl (C=O) groups excluding carboxylic acids is 1. The summed E-state index contributed by atoms with van der Waals surface area (Å²) in [6, 6.07) is 7.21. The average molecular weight is 370 g/mol. The number of benzene rings is 1. The Balaban J connectivity index is 1.79. The molecule has 3 aromatic rings. The van der Waals surface area contributed by atoms with E-state index in [1.807, 2.05) is 26.0 Å². The molecule has 0 atom stereocenters. The van der Waals surface area contributed by atoms with Crippen molar-refractivity contribution >= 4 is 17.9 Å². The lowest BCUT2D eigenvalue weighted by atomic mass is 10.1. The first-order chi connectivity index (χ1) is 13.0. The van der Waals surface area contributed by atoms with Gasteiger partial charge >= 0.3 is 0 Å². The summed E-state index contributed by atoms with van der Waals surface area (Å²) in [6.45, 7) is 3.77. The number of nitrogen functional groups attached to an aromatic ring is 1. The second kappa shape index (κ2) is 7.64. The maximum absolute atomic E-state index is 12.5. The van der Waals surface area contributed by atoms with E-state index in [1.165, 1.54) is 10.9 Å². The van der Waals surface area contributed by atoms with E-state index in [0.717, 1.165) is 11.3 Å². The Labute approximate surface area is 154 Å². The molecule has 2 aromatic heterocycles. The van der Waals surface area contributed by atoms with E-state index in [4.69, 9.17) is 10.5 Å². The third-order valence-electron chi connectivity index (χ3n) is 3.66. The van der Waals surface area contributed by atoms with Crippen molar-refractivity contribution in [1.29, 1.82) is 0 Å². The summed E-state index contributed by atoms with van der Waals surface area (Å²) in [4.78, 5) is 12.5. The molecule has 0 fully saturated rings. The number of aromatic nitrogens is 5. The van der Waals surface area contributed by atoms with Crippen LogP contribution in [-0.2, 0) is 0 Å². The van der Waals surface area contributed by atoms with E-state index in [0.29, 0.717) is 5.69 Å². The quantitative estimate of drug-likeness (QED) is 0.485. The van der Waals surface area contributed by atoms with Gasteiger partial charge in [0.25, 0.3) is 5.91 Å². The summed E-state index contributed by atoms with van der Waals surface area (Å²) in [6.07, 6.45) is 1.51. The molecule has 27 heavy (non-hydrogen) atoms. The molecule has 0 spiro atoms. The van der Waals surface area contributed by atoms with E-state index < -0.39 is 5.91 Å². The van der Waals surface area contributed by atoms with Gasteiger partial charge in [0, 0.05) is 0 Å². The highest BCUT2D eigenvalue weighted by Gasteiger charge is 2.25. The lowest BCUT2D eigenvalue weighted by Crippen LogP contribution is -2.21. The van der Waals surface area contributed by atoms with Crippen molar-refractivity contribution in [1.82, 2.24) is 30.7 Å². The first kappa shape index (κ1) is 18.0. The van der Waals surface area contributed by atoms with Crippen molar-refractivity contribution in [3.8, 4) is 11.6 Å². The molecule has 0 aliphatic rings. The Hall–Kier alpha value is -3.76. The molecule has 0 saturated carbocycles. The molecule has 11 heteroatoms. The smallest absolute Gasteiger partial charge is 0.293 e. The van der Waals surface area contributed by atoms with E-state index in [-0.39, 0.29) is 23.2 Å². The summed E-state index contributed by atoms with van der Waals surface area (Å²) >= 11 is 0. The van der Waals surface area contributed by atoms with E-state index >= 15 is 0 Å². The molecule has 11 nitrogen and oxygen atoms in total. The van der Waals surface area contributed by atoms with Gasteiger partial charge in [-0.05, 0) is 46.1 Å². The number of nitrogens with two attached hydrogens (primary N) is 1. The van der Waals surface area contributed by atoms with Crippen LogP contribution >= 0.6 is 0 Å². The van der Waals surface area contributed by atoms with Crippen molar-refractivity contribution in [2.24, 2.45) is 5.10 Å². The monoisotopic (exact) mass is 370 g/mol. The molecule has 0 unspecified atom stereocenters. The number of amides is 1. The molecule has 0 radical (unpaired) electrons. The van der Waals surface area contributed by atoms with Gasteiger partial charge in [-0.25, -0.2) is 10.1 Å². The number of hydrogen-bond donors (Lipinski definition) is 2. The SMILES string of the molecule is COc1ccc(/C=N/NC(=O)c2nnn(-c3nonc3N)c2C(C)C)cc1. The van der Waals surface area contributed by atoms with Gasteiger partial charge in [0.15, 0.2) is 5.69 Å². The zero-order valence-electron chi connectivity index (χ0n) is 14.9. The molecule has 0 saturated heterocycles. The molecule has 0 aliphatic carbocycles. The first-order valence-electron chi connectivity index (χ1n) is 8.02. The number of nitrogens with zero attached hydrogens (tertiary/aromatic N) is 6. The Morgan fingerprint density at radius 2 is 2.07 bits per heavy atom. The van der Waals surface area contributed by atoms with Crippen LogP contribution in [0.3, 0.4) is 0 Å². The number of carbonyl (C=O) groups is 1. The Bertz CT molecular complexity index is 958. The predicted octanol–water partition coefficient (Wildman–Crippen LogP) is 1.13. The van der Waals surface area contributed by atoms with Gasteiger partial charge in [-0.1, -0.05) is 19.1 Å². The normalized spacial score (nSPS) is 11.3. The third kappa shape index (κ3) is 3.76. The molecule has 3 rings (SSSR count). The third-order valence-corrected chi connectivity index (χ3v) is 3.66. The molecule has 0 bridgehead atoms. The van der Waals surface area contributed by atoms with Crippen LogP contribution in [0.15, 0.2) is 34.0 Å². The number of ether oxygens (including phenoxy) is 1. The van der Waals surface area contributed by atoms with Crippen LogP contribution < -0.4 is 15.9 Å². The number of rotatable bonds is 6. The summed E-state index contributed by atoms with van der Waals surface area (Å²) < 4.78 is 11.0. The predicted molar refractivity (Wildman–Crippen MR) is 95.8 cm³/mol. The molecular weight excluding hydrogens is 352 g/mol. The highest BCUT2D eigenvalue weighted by atomic mass is 16.6. The molecule has 3 N–H and O–H groups in total. The van der Waals surface area contributed by atoms with Crippen LogP contribution in [0.1, 0.15) is 41.5 Å². The van der Waals surface area contributed by atoms with E-state index in [2.05, 4.69) is 35.8 Å². The fraction of sp³-hybridized carbons (Fsp3) is 0.250. The van der Waals surface area contributed by atoms with Gasteiger partial charge in [-0.15, -0.1) is 5.10 Å². The maximum Gasteiger partial charge on any atom is 0.293 e. The van der Waals surface area contributed by atoms with Crippen molar-refractivity contribution in [3.05, 3.63) is 41.2 Å². The van der Waals surface area contributed by atoms with Crippen molar-refractivity contribution in [2.45, 2.75) is 19.8 Å². The molecule has 1 amide bonds. The van der Waals surface area contributed by atoms with Crippen LogP contribution in [0.5, 0.6) is 5.75 Å². The average Bonchev–Trinajstić information content (AvgIpc) is 3.28. The lowest BCUT2D eigenvalue weighted by Gasteiger charge is -2.08. The summed E-state index contributed by atoms with van der Waals surface area (Å²) in [5.41, 5.74) is 9.56. The number of nitrogens with one attached hydrogen (secondary N) is 1. The molecule has 140 valence electrons. The van der Waals surface area contributed by atoms with Crippen molar-refractivity contribution in [2.75, 3.05) is 12.8 Å². The molecular formula is C16H18N8O3. The van der Waals surface area contributed by atoms with E-state index in [9.17, 15) is 4.79 Å². The van der Waals surface area contributed by atoms with Gasteiger partial charge in [0.2, 0.25) is 11.6 Å². The second-order valence-corrected chi connectivity index (χ2v) is 5.84. The van der Waals surface area contributed by atoms with E-state index in [1.54, 1.807) is 19.2 Å². The summed E-state index contributed by atoms with van der Waals surface area (Å²) in [5.74, 6) is 0.349. The summed E-state index contributed by atoms with van der Waals surface area (Å²) in [5, 5.41) is 19.0. The molecule has 2 heterocycles. The van der Waals surface area contributed by atoms with Crippen molar-refractivity contribution in [3.63, 3.8) is 0 Å². The number of hydrogen-bond acceptors (Lipinski definition) is 9. The number of methoxy groups -OCH3 is 1. The number of anilines is 1. The topological polar surface area (TPSA) is 146 Å². The lowest BCUT2D eigenvalue weighted by molar-refractivity contribution is 0.0948. The Morgan fingerprint density at radius 3 is 2.67 bits per heavy atom. The van der Waals surface area contributed by atoms with Crippen LogP contribution in [0.4, 0.5) is 5.82 Å². The number of hydrazone groups is 1. The van der Waals surface area contributed by atoms with Gasteiger partial charge < -0.3 is 10.5 Å². The Kier molecular flexibility index (Phi) is 5.11. The largest absolute Gasteiger partial charge is 0.497 e. The minimum Gasteiger partial charge on any atom is -0.497 e. The highest BCUT2D eigenvalue weighted by molar-refractivity contribution is 5.94. The van der Waals surface area contributed by atoms with Gasteiger partial charge in [-0.3, -0.25) is 4.79 Å². The zero-order valence-corrected chi connectivity index (χ0v) is 14.9. The maximum atomic E-state index is 12.5. The zero-order chi connectivity index (χ0) is 19.4. The van der Waals surface area contributed by atoms with Gasteiger partial charge in [0.05, 0.1) is 19.0 Å². The first-order valence-corrected chi connectivity index (χ1v) is 8.02. The minimum absolute atomic E-state index is 0.0475. The van der Waals surface area contributed by atoms with Gasteiger partial charge in [0.1, 0.15) is 5.75 Å². The standard InChI is InChI=1S/C16H18N8O3/c1-9(2)13-12(19-23-24(13)15-14(17)21-27-22-15)16(25)20-18-8-10-4-6-11(26-3)7-5-10/h4-9H,1-3H3,(H2,17,21)(H,20,25)/b18-8+. The fourth-order valence-corrected chi connectivity index (χ4v) is 2.37. The molecule has 1 aromatic carbocycles. The second-order valence-electron chi connectivity index (χ2n) is 5.84. The molecule has 0 aliphatic heterocycles. The Morgan fingerprint density at radius 1 is 1.33 bits per heavy atom. The highest BCUT2D eigenvalue weighted by Crippen LogP contribution is 2.22. The minimum atomic E-state index is -0.510. The summed E-state index contributed by atoms with van der Waals surface area (Å²) in [7, 11) is 1.59.